The largest absolute Gasteiger partial charge is 0.490 e. The van der Waals surface area contributed by atoms with Crippen LogP contribution in [0.5, 0.6) is 5.75 Å². The molecule has 1 unspecified atom stereocenters. The molecule has 3 rings (SSSR count). The maximum atomic E-state index is 13.1. The van der Waals surface area contributed by atoms with Gasteiger partial charge in [0.2, 0.25) is 5.91 Å². The number of amides is 2. The molecule has 2 amide bonds. The quantitative estimate of drug-likeness (QED) is 0.245. The number of nitrogens with zero attached hydrogens (tertiary/aromatic N) is 3. The number of para-hydroxylation sites is 1. The first-order valence-corrected chi connectivity index (χ1v) is 10.1. The summed E-state index contributed by atoms with van der Waals surface area (Å²) in [6.07, 6.45) is -0.482. The smallest absolute Gasteiger partial charge is 0.308 e. The van der Waals surface area contributed by atoms with Gasteiger partial charge in [-0.15, -0.1) is 0 Å². The second kappa shape index (κ2) is 10.8. The number of nitro benzene ring substituents is 2. The molecule has 0 saturated carbocycles. The van der Waals surface area contributed by atoms with Crippen LogP contribution in [0.1, 0.15) is 16.8 Å². The summed E-state index contributed by atoms with van der Waals surface area (Å²) in [5.74, 6) is -1.70. The Kier molecular flexibility index (Phi) is 7.69. The molecular formula is C21H20N4O9. The molecule has 1 saturated heterocycles. The van der Waals surface area contributed by atoms with Crippen molar-refractivity contribution in [1.82, 2.24) is 10.2 Å². The van der Waals surface area contributed by atoms with Gasteiger partial charge in [0.25, 0.3) is 17.3 Å². The molecule has 13 heteroatoms. The highest BCUT2D eigenvalue weighted by Gasteiger charge is 2.38. The second-order valence-electron chi connectivity index (χ2n) is 7.11. The highest BCUT2D eigenvalue weighted by Crippen LogP contribution is 2.27. The van der Waals surface area contributed by atoms with Crippen LogP contribution in [0.3, 0.4) is 0 Å². The first-order valence-electron chi connectivity index (χ1n) is 10.1. The van der Waals surface area contributed by atoms with E-state index in [4.69, 9.17) is 9.47 Å². The Hall–Kier alpha value is -4.55. The number of piperazine rings is 1. The van der Waals surface area contributed by atoms with Gasteiger partial charge in [0, 0.05) is 19.2 Å². The van der Waals surface area contributed by atoms with E-state index in [1.807, 2.05) is 6.07 Å². The number of carbonyl (C=O) groups excluding carboxylic acids is 3. The van der Waals surface area contributed by atoms with Crippen LogP contribution in [0.2, 0.25) is 0 Å². The molecule has 1 fully saturated rings. The van der Waals surface area contributed by atoms with Crippen molar-refractivity contribution in [2.45, 2.75) is 12.5 Å². The van der Waals surface area contributed by atoms with Gasteiger partial charge in [-0.25, -0.2) is 0 Å². The average molecular weight is 472 g/mol. The van der Waals surface area contributed by atoms with Gasteiger partial charge in [-0.3, -0.25) is 34.6 Å². The normalized spacial score (nSPS) is 15.2. The van der Waals surface area contributed by atoms with E-state index < -0.39 is 57.0 Å². The lowest BCUT2D eigenvalue weighted by Gasteiger charge is -2.34. The molecular weight excluding hydrogens is 452 g/mol. The Morgan fingerprint density at radius 1 is 1.06 bits per heavy atom. The second-order valence-corrected chi connectivity index (χ2v) is 7.11. The number of carbonyl (C=O) groups is 3. The lowest BCUT2D eigenvalue weighted by molar-refractivity contribution is -0.394. The summed E-state index contributed by atoms with van der Waals surface area (Å²) in [6.45, 7) is 0.0314. The summed E-state index contributed by atoms with van der Waals surface area (Å²) in [7, 11) is 0. The van der Waals surface area contributed by atoms with Crippen LogP contribution in [-0.4, -0.2) is 64.9 Å². The molecule has 1 heterocycles. The number of esters is 1. The highest BCUT2D eigenvalue weighted by molar-refractivity contribution is 6.02. The van der Waals surface area contributed by atoms with Crippen LogP contribution >= 0.6 is 0 Å². The molecule has 34 heavy (non-hydrogen) atoms. The van der Waals surface area contributed by atoms with Gasteiger partial charge in [-0.1, -0.05) is 18.2 Å². The van der Waals surface area contributed by atoms with Crippen LogP contribution in [0.4, 0.5) is 11.4 Å². The van der Waals surface area contributed by atoms with Gasteiger partial charge in [0.1, 0.15) is 30.6 Å². The Bertz CT molecular complexity index is 1110. The van der Waals surface area contributed by atoms with E-state index in [2.05, 4.69) is 5.32 Å². The third-order valence-corrected chi connectivity index (χ3v) is 4.93. The van der Waals surface area contributed by atoms with Crippen LogP contribution in [-0.2, 0) is 14.3 Å². The van der Waals surface area contributed by atoms with Crippen LogP contribution in [0.25, 0.3) is 0 Å². The molecule has 2 aromatic carbocycles. The number of hydrogen-bond donors (Lipinski definition) is 1. The maximum Gasteiger partial charge on any atom is 0.308 e. The standard InChI is InChI=1S/C21H20N4O9/c26-19(34-11-10-33-15-4-2-1-3-5-15)13-18-20(27)22-8-9-23(18)21(28)16-7-6-14(24(29)30)12-17(16)25(31)32/h1-7,12,18H,8-11,13H2,(H,22,27). The van der Waals surface area contributed by atoms with Crippen molar-refractivity contribution >= 4 is 29.2 Å². The van der Waals surface area contributed by atoms with Crippen molar-refractivity contribution in [3.05, 3.63) is 74.3 Å². The van der Waals surface area contributed by atoms with Gasteiger partial charge >= 0.3 is 5.97 Å². The fraction of sp³-hybridized carbons (Fsp3) is 0.286. The molecule has 1 aliphatic heterocycles. The summed E-state index contributed by atoms with van der Waals surface area (Å²) in [5, 5.41) is 24.9. The highest BCUT2D eigenvalue weighted by atomic mass is 16.6. The van der Waals surface area contributed by atoms with E-state index in [0.29, 0.717) is 11.8 Å². The van der Waals surface area contributed by atoms with E-state index in [9.17, 15) is 34.6 Å². The molecule has 0 spiro atoms. The molecule has 178 valence electrons. The van der Waals surface area contributed by atoms with Crippen molar-refractivity contribution in [3.8, 4) is 5.75 Å². The van der Waals surface area contributed by atoms with Crippen LogP contribution in [0.15, 0.2) is 48.5 Å². The van der Waals surface area contributed by atoms with E-state index in [0.717, 1.165) is 17.0 Å². The molecule has 0 aliphatic carbocycles. The van der Waals surface area contributed by atoms with Crippen LogP contribution in [0, 0.1) is 20.2 Å². The van der Waals surface area contributed by atoms with E-state index in [1.165, 1.54) is 0 Å². The van der Waals surface area contributed by atoms with Crippen molar-refractivity contribution < 1.29 is 33.7 Å². The molecule has 1 aliphatic rings. The van der Waals surface area contributed by atoms with Crippen molar-refractivity contribution in [2.75, 3.05) is 26.3 Å². The Balaban J connectivity index is 1.68. The fourth-order valence-corrected chi connectivity index (χ4v) is 3.33. The summed E-state index contributed by atoms with van der Waals surface area (Å²) >= 11 is 0. The first-order chi connectivity index (χ1) is 16.3. The number of nitrogens with one attached hydrogen (secondary N) is 1. The van der Waals surface area contributed by atoms with Crippen molar-refractivity contribution in [3.63, 3.8) is 0 Å². The molecule has 2 aromatic rings. The molecule has 1 atom stereocenters. The molecule has 0 radical (unpaired) electrons. The predicted octanol–water partition coefficient (Wildman–Crippen LogP) is 1.46. The predicted molar refractivity (Wildman–Crippen MR) is 115 cm³/mol. The number of nitro groups is 2. The minimum atomic E-state index is -1.27. The van der Waals surface area contributed by atoms with Gasteiger partial charge in [0.05, 0.1) is 22.3 Å². The lowest BCUT2D eigenvalue weighted by Crippen LogP contribution is -2.58. The molecule has 0 bridgehead atoms. The Morgan fingerprint density at radius 3 is 2.47 bits per heavy atom. The molecule has 1 N–H and O–H groups in total. The minimum absolute atomic E-state index is 0.0201. The monoisotopic (exact) mass is 472 g/mol. The first kappa shape index (κ1) is 24.1. The van der Waals surface area contributed by atoms with Gasteiger partial charge < -0.3 is 19.7 Å². The van der Waals surface area contributed by atoms with Gasteiger partial charge in [-0.2, -0.15) is 0 Å². The van der Waals surface area contributed by atoms with Gasteiger partial charge in [-0.05, 0) is 18.2 Å². The Labute approximate surface area is 192 Å². The average Bonchev–Trinajstić information content (AvgIpc) is 2.83. The maximum absolute atomic E-state index is 13.1. The zero-order valence-electron chi connectivity index (χ0n) is 17.7. The third-order valence-electron chi connectivity index (χ3n) is 4.93. The zero-order chi connectivity index (χ0) is 24.7. The zero-order valence-corrected chi connectivity index (χ0v) is 17.7. The van der Waals surface area contributed by atoms with E-state index in [1.54, 1.807) is 24.3 Å². The lowest BCUT2D eigenvalue weighted by atomic mass is 10.0. The number of hydrogen-bond acceptors (Lipinski definition) is 9. The number of rotatable bonds is 9. The number of ether oxygens (including phenoxy) is 2. The molecule has 13 nitrogen and oxygen atoms in total. The summed E-state index contributed by atoms with van der Waals surface area (Å²) < 4.78 is 10.5. The summed E-state index contributed by atoms with van der Waals surface area (Å²) in [6, 6.07) is 10.2. The van der Waals surface area contributed by atoms with E-state index >= 15 is 0 Å². The summed E-state index contributed by atoms with van der Waals surface area (Å²) in [5.41, 5.74) is -1.76. The SMILES string of the molecule is O=C(CC1C(=O)NCCN1C(=O)c1ccc([N+](=O)[O-])cc1[N+](=O)[O-])OCCOc1ccccc1. The van der Waals surface area contributed by atoms with Crippen molar-refractivity contribution in [2.24, 2.45) is 0 Å². The van der Waals surface area contributed by atoms with Crippen molar-refractivity contribution in [1.29, 1.82) is 0 Å². The third kappa shape index (κ3) is 5.82. The molecule has 0 aromatic heterocycles. The number of non-ortho nitro benzene ring substituents is 1. The summed E-state index contributed by atoms with van der Waals surface area (Å²) in [4.78, 5) is 59.4. The van der Waals surface area contributed by atoms with Gasteiger partial charge in [0.15, 0.2) is 0 Å². The fourth-order valence-electron chi connectivity index (χ4n) is 3.33. The van der Waals surface area contributed by atoms with Crippen LogP contribution < -0.4 is 10.1 Å². The topological polar surface area (TPSA) is 171 Å². The minimum Gasteiger partial charge on any atom is -0.490 e. The Morgan fingerprint density at radius 2 is 1.79 bits per heavy atom. The number of benzene rings is 2. The van der Waals surface area contributed by atoms with E-state index in [-0.39, 0.29) is 26.3 Å².